The Morgan fingerprint density at radius 3 is 2.39 bits per heavy atom. The third kappa shape index (κ3) is 4.32. The molecule has 0 aromatic heterocycles. The average Bonchev–Trinajstić information content (AvgIpc) is 2.67. The standard InChI is InChI=1S/C20H22F3N3O2/c1-14-7-8-18(28-2)17(13-14)25-9-11-26(12-10-25)19(27)24-16-6-4-3-5-15(16)20(21,22)23/h3-8,13H,9-12H2,1-2H3,(H,24,27). The van der Waals surface area contributed by atoms with E-state index in [-0.39, 0.29) is 5.69 Å². The topological polar surface area (TPSA) is 44.8 Å². The minimum absolute atomic E-state index is 0.234. The van der Waals surface area contributed by atoms with Gasteiger partial charge >= 0.3 is 12.2 Å². The number of piperazine rings is 1. The van der Waals surface area contributed by atoms with Crippen LogP contribution in [0.1, 0.15) is 11.1 Å². The maximum atomic E-state index is 13.1. The van der Waals surface area contributed by atoms with E-state index in [4.69, 9.17) is 4.74 Å². The number of alkyl halides is 3. The molecule has 0 bridgehead atoms. The highest BCUT2D eigenvalue weighted by atomic mass is 19.4. The lowest BCUT2D eigenvalue weighted by Gasteiger charge is -2.36. The highest BCUT2D eigenvalue weighted by Gasteiger charge is 2.34. The summed E-state index contributed by atoms with van der Waals surface area (Å²) in [7, 11) is 1.61. The maximum Gasteiger partial charge on any atom is 0.418 e. The van der Waals surface area contributed by atoms with Gasteiger partial charge in [0.25, 0.3) is 0 Å². The number of nitrogens with zero attached hydrogens (tertiary/aromatic N) is 2. The average molecular weight is 393 g/mol. The lowest BCUT2D eigenvalue weighted by atomic mass is 10.1. The van der Waals surface area contributed by atoms with Crippen LogP contribution in [0.2, 0.25) is 0 Å². The molecule has 1 fully saturated rings. The van der Waals surface area contributed by atoms with Gasteiger partial charge in [0.2, 0.25) is 0 Å². The Kier molecular flexibility index (Phi) is 5.67. The molecule has 0 atom stereocenters. The van der Waals surface area contributed by atoms with Crippen molar-refractivity contribution in [1.82, 2.24) is 4.90 Å². The van der Waals surface area contributed by atoms with E-state index >= 15 is 0 Å². The number of halogens is 3. The molecule has 1 N–H and O–H groups in total. The van der Waals surface area contributed by atoms with E-state index in [2.05, 4.69) is 10.2 Å². The summed E-state index contributed by atoms with van der Waals surface area (Å²) in [6.45, 7) is 3.92. The lowest BCUT2D eigenvalue weighted by Crippen LogP contribution is -2.50. The molecule has 3 rings (SSSR count). The first-order valence-electron chi connectivity index (χ1n) is 8.91. The molecule has 2 amide bonds. The zero-order valence-corrected chi connectivity index (χ0v) is 15.7. The zero-order valence-electron chi connectivity index (χ0n) is 15.7. The molecule has 1 aliphatic heterocycles. The number of rotatable bonds is 3. The van der Waals surface area contributed by atoms with Crippen LogP contribution in [-0.4, -0.2) is 44.2 Å². The molecule has 2 aromatic rings. The van der Waals surface area contributed by atoms with Crippen LogP contribution in [0.15, 0.2) is 42.5 Å². The third-order valence-corrected chi connectivity index (χ3v) is 4.72. The number of amides is 2. The van der Waals surface area contributed by atoms with Crippen LogP contribution in [0.5, 0.6) is 5.75 Å². The van der Waals surface area contributed by atoms with Gasteiger partial charge in [0, 0.05) is 26.2 Å². The Balaban J connectivity index is 1.66. The van der Waals surface area contributed by atoms with Gasteiger partial charge in [0.1, 0.15) is 5.75 Å². The van der Waals surface area contributed by atoms with Crippen molar-refractivity contribution < 1.29 is 22.7 Å². The number of aryl methyl sites for hydroxylation is 1. The molecule has 1 saturated heterocycles. The van der Waals surface area contributed by atoms with E-state index in [1.54, 1.807) is 7.11 Å². The molecular weight excluding hydrogens is 371 g/mol. The first-order chi connectivity index (χ1) is 13.3. The van der Waals surface area contributed by atoms with Gasteiger partial charge in [-0.1, -0.05) is 18.2 Å². The first-order valence-corrected chi connectivity index (χ1v) is 8.91. The summed E-state index contributed by atoms with van der Waals surface area (Å²) in [5.41, 5.74) is 0.957. The molecule has 5 nitrogen and oxygen atoms in total. The van der Waals surface area contributed by atoms with Crippen molar-refractivity contribution in [3.8, 4) is 5.75 Å². The van der Waals surface area contributed by atoms with Crippen molar-refractivity contribution in [1.29, 1.82) is 0 Å². The summed E-state index contributed by atoms with van der Waals surface area (Å²) in [4.78, 5) is 16.1. The second-order valence-electron chi connectivity index (χ2n) is 6.62. The summed E-state index contributed by atoms with van der Waals surface area (Å²) in [5.74, 6) is 0.752. The highest BCUT2D eigenvalue weighted by molar-refractivity contribution is 5.90. The van der Waals surface area contributed by atoms with Crippen molar-refractivity contribution >= 4 is 17.4 Å². The monoisotopic (exact) mass is 393 g/mol. The molecule has 1 heterocycles. The van der Waals surface area contributed by atoms with Gasteiger partial charge < -0.3 is 19.9 Å². The molecule has 0 unspecified atom stereocenters. The van der Waals surface area contributed by atoms with Gasteiger partial charge in [0.15, 0.2) is 0 Å². The number of methoxy groups -OCH3 is 1. The summed E-state index contributed by atoms with van der Waals surface area (Å²) in [6.07, 6.45) is -4.52. The Hall–Kier alpha value is -2.90. The lowest BCUT2D eigenvalue weighted by molar-refractivity contribution is -0.136. The predicted molar refractivity (Wildman–Crippen MR) is 102 cm³/mol. The number of carbonyl (C=O) groups excluding carboxylic acids is 1. The van der Waals surface area contributed by atoms with Crippen LogP contribution in [0.4, 0.5) is 29.3 Å². The highest BCUT2D eigenvalue weighted by Crippen LogP contribution is 2.35. The molecule has 28 heavy (non-hydrogen) atoms. The van der Waals surface area contributed by atoms with Crippen LogP contribution in [0, 0.1) is 6.92 Å². The van der Waals surface area contributed by atoms with Gasteiger partial charge in [-0.3, -0.25) is 0 Å². The SMILES string of the molecule is COc1ccc(C)cc1N1CCN(C(=O)Nc2ccccc2C(F)(F)F)CC1. The van der Waals surface area contributed by atoms with Gasteiger partial charge in [-0.15, -0.1) is 0 Å². The fourth-order valence-electron chi connectivity index (χ4n) is 3.23. The number of urea groups is 1. The quantitative estimate of drug-likeness (QED) is 0.842. The molecule has 0 aliphatic carbocycles. The predicted octanol–water partition coefficient (Wildman–Crippen LogP) is 4.38. The molecular formula is C20H22F3N3O2. The summed E-state index contributed by atoms with van der Waals surface area (Å²) in [5, 5.41) is 2.40. The maximum absolute atomic E-state index is 13.1. The Morgan fingerprint density at radius 1 is 1.07 bits per heavy atom. The summed E-state index contributed by atoms with van der Waals surface area (Å²) < 4.78 is 44.7. The number of carbonyl (C=O) groups is 1. The van der Waals surface area contributed by atoms with Gasteiger partial charge in [-0.2, -0.15) is 13.2 Å². The smallest absolute Gasteiger partial charge is 0.418 e. The number of anilines is 2. The van der Waals surface area contributed by atoms with E-state index in [0.29, 0.717) is 26.2 Å². The normalized spacial score (nSPS) is 14.8. The molecule has 150 valence electrons. The fraction of sp³-hybridized carbons (Fsp3) is 0.350. The van der Waals surface area contributed by atoms with Crippen molar-refractivity contribution in [2.45, 2.75) is 13.1 Å². The van der Waals surface area contributed by atoms with E-state index in [1.165, 1.54) is 23.1 Å². The number of benzene rings is 2. The Bertz CT molecular complexity index is 847. The molecule has 8 heteroatoms. The zero-order chi connectivity index (χ0) is 20.3. The minimum Gasteiger partial charge on any atom is -0.495 e. The molecule has 2 aromatic carbocycles. The number of hydrogen-bond acceptors (Lipinski definition) is 3. The van der Waals surface area contributed by atoms with Crippen LogP contribution in [0.25, 0.3) is 0 Å². The molecule has 0 radical (unpaired) electrons. The summed E-state index contributed by atoms with van der Waals surface area (Å²) >= 11 is 0. The van der Waals surface area contributed by atoms with Gasteiger partial charge in [-0.05, 0) is 36.8 Å². The van der Waals surface area contributed by atoms with E-state index < -0.39 is 17.8 Å². The van der Waals surface area contributed by atoms with Gasteiger partial charge in [0.05, 0.1) is 24.0 Å². The largest absolute Gasteiger partial charge is 0.495 e. The van der Waals surface area contributed by atoms with E-state index in [1.807, 2.05) is 25.1 Å². The second kappa shape index (κ2) is 8.00. The molecule has 1 aliphatic rings. The number of ether oxygens (including phenoxy) is 1. The number of hydrogen-bond donors (Lipinski definition) is 1. The minimum atomic E-state index is -4.52. The third-order valence-electron chi connectivity index (χ3n) is 4.72. The van der Waals surface area contributed by atoms with E-state index in [9.17, 15) is 18.0 Å². The first kappa shape index (κ1) is 19.9. The van der Waals surface area contributed by atoms with Crippen LogP contribution < -0.4 is 15.0 Å². The van der Waals surface area contributed by atoms with Crippen LogP contribution in [-0.2, 0) is 6.18 Å². The fourth-order valence-corrected chi connectivity index (χ4v) is 3.23. The number of para-hydroxylation sites is 1. The Labute approximate surface area is 161 Å². The molecule has 0 saturated carbocycles. The van der Waals surface area contributed by atoms with Gasteiger partial charge in [-0.25, -0.2) is 4.79 Å². The Morgan fingerprint density at radius 2 is 1.75 bits per heavy atom. The van der Waals surface area contributed by atoms with Crippen molar-refractivity contribution in [2.75, 3.05) is 43.5 Å². The molecule has 0 spiro atoms. The van der Waals surface area contributed by atoms with E-state index in [0.717, 1.165) is 23.1 Å². The summed E-state index contributed by atoms with van der Waals surface area (Å²) in [6, 6.07) is 10.3. The van der Waals surface area contributed by atoms with Crippen molar-refractivity contribution in [3.05, 3.63) is 53.6 Å². The van der Waals surface area contributed by atoms with Crippen molar-refractivity contribution in [2.24, 2.45) is 0 Å². The van der Waals surface area contributed by atoms with Crippen molar-refractivity contribution in [3.63, 3.8) is 0 Å². The second-order valence-corrected chi connectivity index (χ2v) is 6.62. The number of nitrogens with one attached hydrogen (secondary N) is 1. The van der Waals surface area contributed by atoms with Crippen LogP contribution >= 0.6 is 0 Å². The van der Waals surface area contributed by atoms with Crippen LogP contribution in [0.3, 0.4) is 0 Å².